The van der Waals surface area contributed by atoms with Gasteiger partial charge in [-0.15, -0.1) is 11.3 Å². The summed E-state index contributed by atoms with van der Waals surface area (Å²) in [6.07, 6.45) is 0. The smallest absolute Gasteiger partial charge is 0.256 e. The minimum Gasteiger partial charge on any atom is -0.494 e. The molecule has 0 spiro atoms. The zero-order valence-corrected chi connectivity index (χ0v) is 17.2. The summed E-state index contributed by atoms with van der Waals surface area (Å²) >= 11 is 1.42. The standard InChI is InChI=1S/C22H19FN4O2S/c1-3-29-18-10-6-15(7-11-18)19-13-30-22(24-19)27-20(12-14(2)26-27)25-21(28)16-4-8-17(23)9-5-16/h4-13H,3H2,1-2H3,(H,25,28). The Labute approximate surface area is 177 Å². The minimum absolute atomic E-state index is 0.348. The maximum Gasteiger partial charge on any atom is 0.256 e. The average Bonchev–Trinajstić information content (AvgIpc) is 3.36. The summed E-state index contributed by atoms with van der Waals surface area (Å²) in [4.78, 5) is 17.2. The summed E-state index contributed by atoms with van der Waals surface area (Å²) in [5.41, 5.74) is 2.86. The van der Waals surface area contributed by atoms with E-state index >= 15 is 0 Å². The van der Waals surface area contributed by atoms with E-state index in [-0.39, 0.29) is 5.91 Å². The van der Waals surface area contributed by atoms with Gasteiger partial charge in [0.05, 0.1) is 18.0 Å². The molecule has 0 fully saturated rings. The summed E-state index contributed by atoms with van der Waals surface area (Å²) in [6.45, 7) is 4.40. The SMILES string of the molecule is CCOc1ccc(-c2csc(-n3nc(C)cc3NC(=O)c3ccc(F)cc3)n2)cc1. The van der Waals surface area contributed by atoms with Gasteiger partial charge in [0.15, 0.2) is 0 Å². The van der Waals surface area contributed by atoms with Crippen molar-refractivity contribution in [2.45, 2.75) is 13.8 Å². The minimum atomic E-state index is -0.392. The molecule has 4 rings (SSSR count). The molecular weight excluding hydrogens is 403 g/mol. The number of aryl methyl sites for hydroxylation is 1. The first-order valence-electron chi connectivity index (χ1n) is 9.36. The Hall–Kier alpha value is -3.52. The molecule has 0 saturated heterocycles. The summed E-state index contributed by atoms with van der Waals surface area (Å²) in [5, 5.41) is 9.85. The first-order chi connectivity index (χ1) is 14.5. The molecule has 0 aliphatic rings. The quantitative estimate of drug-likeness (QED) is 0.470. The van der Waals surface area contributed by atoms with Crippen LogP contribution in [0.2, 0.25) is 0 Å². The van der Waals surface area contributed by atoms with Gasteiger partial charge in [0.1, 0.15) is 17.4 Å². The summed E-state index contributed by atoms with van der Waals surface area (Å²) in [6, 6.07) is 14.9. The highest BCUT2D eigenvalue weighted by Gasteiger charge is 2.15. The van der Waals surface area contributed by atoms with Gasteiger partial charge in [0, 0.05) is 22.6 Å². The Balaban J connectivity index is 1.58. The zero-order valence-electron chi connectivity index (χ0n) is 16.4. The van der Waals surface area contributed by atoms with Crippen LogP contribution < -0.4 is 10.1 Å². The molecule has 1 N–H and O–H groups in total. The number of rotatable bonds is 6. The number of hydrogen-bond donors (Lipinski definition) is 1. The van der Waals surface area contributed by atoms with Crippen LogP contribution in [0, 0.1) is 12.7 Å². The van der Waals surface area contributed by atoms with Gasteiger partial charge < -0.3 is 10.1 Å². The third kappa shape index (κ3) is 4.23. The molecule has 2 heterocycles. The van der Waals surface area contributed by atoms with E-state index in [4.69, 9.17) is 4.74 Å². The molecule has 0 atom stereocenters. The number of nitrogens with zero attached hydrogens (tertiary/aromatic N) is 3. The van der Waals surface area contributed by atoms with Gasteiger partial charge in [-0.05, 0) is 62.4 Å². The number of carbonyl (C=O) groups excluding carboxylic acids is 1. The van der Waals surface area contributed by atoms with E-state index in [9.17, 15) is 9.18 Å². The average molecular weight is 422 g/mol. The Bertz CT molecular complexity index is 1170. The summed E-state index contributed by atoms with van der Waals surface area (Å²) in [7, 11) is 0. The van der Waals surface area contributed by atoms with Crippen molar-refractivity contribution in [1.82, 2.24) is 14.8 Å². The number of amides is 1. The lowest BCUT2D eigenvalue weighted by Gasteiger charge is -2.06. The number of nitrogens with one attached hydrogen (secondary N) is 1. The molecule has 0 radical (unpaired) electrons. The van der Waals surface area contributed by atoms with Gasteiger partial charge in [-0.2, -0.15) is 9.78 Å². The predicted octanol–water partition coefficient (Wildman–Crippen LogP) is 5.09. The summed E-state index contributed by atoms with van der Waals surface area (Å²) in [5.74, 6) is 0.566. The molecule has 0 aliphatic carbocycles. The van der Waals surface area contributed by atoms with Crippen LogP contribution in [0.4, 0.5) is 10.2 Å². The lowest BCUT2D eigenvalue weighted by molar-refractivity contribution is 0.102. The molecule has 152 valence electrons. The molecule has 4 aromatic rings. The number of ether oxygens (including phenoxy) is 1. The lowest BCUT2D eigenvalue weighted by atomic mass is 10.2. The molecule has 6 nitrogen and oxygen atoms in total. The van der Waals surface area contributed by atoms with Crippen LogP contribution >= 0.6 is 11.3 Å². The predicted molar refractivity (Wildman–Crippen MR) is 115 cm³/mol. The van der Waals surface area contributed by atoms with Crippen molar-refractivity contribution < 1.29 is 13.9 Å². The first-order valence-corrected chi connectivity index (χ1v) is 10.2. The van der Waals surface area contributed by atoms with Gasteiger partial charge in [0.2, 0.25) is 5.13 Å². The second kappa shape index (κ2) is 8.46. The molecule has 0 bridgehead atoms. The number of thiazole rings is 1. The van der Waals surface area contributed by atoms with E-state index < -0.39 is 5.82 Å². The molecule has 30 heavy (non-hydrogen) atoms. The van der Waals surface area contributed by atoms with Crippen LogP contribution in [0.5, 0.6) is 5.75 Å². The largest absolute Gasteiger partial charge is 0.494 e. The number of aromatic nitrogens is 3. The maximum atomic E-state index is 13.1. The van der Waals surface area contributed by atoms with Crippen molar-refractivity contribution in [2.24, 2.45) is 0 Å². The molecule has 2 aromatic carbocycles. The number of carbonyl (C=O) groups is 1. The van der Waals surface area contributed by atoms with Crippen molar-refractivity contribution in [2.75, 3.05) is 11.9 Å². The van der Waals surface area contributed by atoms with Gasteiger partial charge in [-0.25, -0.2) is 9.37 Å². The van der Waals surface area contributed by atoms with Gasteiger partial charge in [-0.3, -0.25) is 4.79 Å². The number of anilines is 1. The van der Waals surface area contributed by atoms with E-state index in [1.807, 2.05) is 43.5 Å². The third-order valence-electron chi connectivity index (χ3n) is 4.31. The fourth-order valence-corrected chi connectivity index (χ4v) is 3.70. The second-order valence-electron chi connectivity index (χ2n) is 6.52. The molecular formula is C22H19FN4O2S. The van der Waals surface area contributed by atoms with Crippen LogP contribution in [0.3, 0.4) is 0 Å². The number of benzene rings is 2. The highest BCUT2D eigenvalue weighted by Crippen LogP contribution is 2.28. The van der Waals surface area contributed by atoms with Crippen molar-refractivity contribution in [1.29, 1.82) is 0 Å². The Morgan fingerprint density at radius 3 is 2.60 bits per heavy atom. The zero-order chi connectivity index (χ0) is 21.1. The first kappa shape index (κ1) is 19.8. The molecule has 8 heteroatoms. The van der Waals surface area contributed by atoms with Crippen molar-refractivity contribution in [3.63, 3.8) is 0 Å². The van der Waals surface area contributed by atoms with Crippen LogP contribution in [0.1, 0.15) is 23.0 Å². The van der Waals surface area contributed by atoms with Crippen LogP contribution in [0.25, 0.3) is 16.4 Å². The van der Waals surface area contributed by atoms with Crippen molar-refractivity contribution in [3.05, 3.63) is 77.1 Å². The highest BCUT2D eigenvalue weighted by molar-refractivity contribution is 7.12. The van der Waals surface area contributed by atoms with Gasteiger partial charge in [0.25, 0.3) is 5.91 Å². The van der Waals surface area contributed by atoms with E-state index in [0.29, 0.717) is 23.1 Å². The third-order valence-corrected chi connectivity index (χ3v) is 5.13. The monoisotopic (exact) mass is 422 g/mol. The summed E-state index contributed by atoms with van der Waals surface area (Å²) < 4.78 is 20.2. The number of halogens is 1. The van der Waals surface area contributed by atoms with Crippen LogP contribution in [-0.4, -0.2) is 27.3 Å². The fourth-order valence-electron chi connectivity index (χ4n) is 2.91. The van der Waals surface area contributed by atoms with E-state index in [0.717, 1.165) is 22.7 Å². The van der Waals surface area contributed by atoms with E-state index in [1.165, 1.54) is 35.6 Å². The van der Waals surface area contributed by atoms with Crippen molar-refractivity contribution >= 4 is 23.1 Å². The lowest BCUT2D eigenvalue weighted by Crippen LogP contribution is -2.15. The van der Waals surface area contributed by atoms with Gasteiger partial charge in [-0.1, -0.05) is 0 Å². The Kier molecular flexibility index (Phi) is 5.58. The Morgan fingerprint density at radius 1 is 1.17 bits per heavy atom. The topological polar surface area (TPSA) is 69.0 Å². The van der Waals surface area contributed by atoms with E-state index in [2.05, 4.69) is 15.4 Å². The Morgan fingerprint density at radius 2 is 1.90 bits per heavy atom. The molecule has 0 aliphatic heterocycles. The van der Waals surface area contributed by atoms with Crippen LogP contribution in [0.15, 0.2) is 60.0 Å². The normalized spacial score (nSPS) is 10.8. The van der Waals surface area contributed by atoms with E-state index in [1.54, 1.807) is 10.7 Å². The molecule has 1 amide bonds. The highest BCUT2D eigenvalue weighted by atomic mass is 32.1. The number of hydrogen-bond acceptors (Lipinski definition) is 5. The fraction of sp³-hybridized carbons (Fsp3) is 0.136. The van der Waals surface area contributed by atoms with Gasteiger partial charge >= 0.3 is 0 Å². The maximum absolute atomic E-state index is 13.1. The molecule has 0 saturated carbocycles. The molecule has 2 aromatic heterocycles. The van der Waals surface area contributed by atoms with Crippen molar-refractivity contribution in [3.8, 4) is 22.1 Å². The second-order valence-corrected chi connectivity index (χ2v) is 7.35. The van der Waals surface area contributed by atoms with Crippen LogP contribution in [-0.2, 0) is 0 Å². The molecule has 0 unspecified atom stereocenters.